The normalized spacial score (nSPS) is 17.7. The standard InChI is InChI=1S/C17H33N3O2.ClH/c1-3-4-10-15(12-18)20-17(22)13(2)19-16(21)11-14-8-6-5-7-9-14;/h13-15H,3-12,18H2,1-2H3,(H,19,21)(H,20,22);1H. The van der Waals surface area contributed by atoms with Crippen LogP contribution in [0.15, 0.2) is 0 Å². The van der Waals surface area contributed by atoms with Crippen molar-refractivity contribution in [1.82, 2.24) is 10.6 Å². The van der Waals surface area contributed by atoms with Crippen LogP contribution in [0.4, 0.5) is 0 Å². The third kappa shape index (κ3) is 9.16. The van der Waals surface area contributed by atoms with Crippen LogP contribution in [0.5, 0.6) is 0 Å². The minimum absolute atomic E-state index is 0. The average Bonchev–Trinajstić information content (AvgIpc) is 2.51. The fourth-order valence-corrected chi connectivity index (χ4v) is 3.05. The van der Waals surface area contributed by atoms with Crippen LogP contribution in [0.2, 0.25) is 0 Å². The third-order valence-corrected chi connectivity index (χ3v) is 4.51. The molecule has 6 heteroatoms. The van der Waals surface area contributed by atoms with E-state index < -0.39 is 6.04 Å². The molecule has 0 radical (unpaired) electrons. The van der Waals surface area contributed by atoms with Crippen molar-refractivity contribution in [2.24, 2.45) is 11.7 Å². The second-order valence-corrected chi connectivity index (χ2v) is 6.58. The number of carbonyl (C=O) groups excluding carboxylic acids is 2. The first-order valence-corrected chi connectivity index (χ1v) is 8.86. The van der Waals surface area contributed by atoms with Gasteiger partial charge in [-0.25, -0.2) is 0 Å². The van der Waals surface area contributed by atoms with Crippen LogP contribution in [0.1, 0.15) is 71.6 Å². The predicted molar refractivity (Wildman–Crippen MR) is 96.6 cm³/mol. The lowest BCUT2D eigenvalue weighted by molar-refractivity contribution is -0.129. The molecule has 23 heavy (non-hydrogen) atoms. The number of hydrogen-bond acceptors (Lipinski definition) is 3. The van der Waals surface area contributed by atoms with E-state index in [4.69, 9.17) is 5.73 Å². The van der Waals surface area contributed by atoms with Crippen LogP contribution in [-0.4, -0.2) is 30.4 Å². The monoisotopic (exact) mass is 347 g/mol. The maximum absolute atomic E-state index is 12.1. The lowest BCUT2D eigenvalue weighted by Crippen LogP contribution is -2.50. The molecule has 1 saturated carbocycles. The van der Waals surface area contributed by atoms with Crippen LogP contribution in [-0.2, 0) is 9.59 Å². The Balaban J connectivity index is 0.00000484. The molecule has 0 heterocycles. The highest BCUT2D eigenvalue weighted by molar-refractivity contribution is 5.87. The van der Waals surface area contributed by atoms with Gasteiger partial charge in [-0.1, -0.05) is 39.0 Å². The molecule has 0 aromatic carbocycles. The van der Waals surface area contributed by atoms with E-state index in [0.717, 1.165) is 32.1 Å². The van der Waals surface area contributed by atoms with Gasteiger partial charge in [0.05, 0.1) is 0 Å². The maximum atomic E-state index is 12.1. The van der Waals surface area contributed by atoms with Crippen molar-refractivity contribution < 1.29 is 9.59 Å². The zero-order valence-electron chi connectivity index (χ0n) is 14.6. The lowest BCUT2D eigenvalue weighted by atomic mass is 9.87. The van der Waals surface area contributed by atoms with E-state index in [1.807, 2.05) is 0 Å². The zero-order valence-corrected chi connectivity index (χ0v) is 15.4. The van der Waals surface area contributed by atoms with Gasteiger partial charge in [-0.05, 0) is 32.1 Å². The molecule has 2 unspecified atom stereocenters. The Kier molecular flexibility index (Phi) is 12.1. The van der Waals surface area contributed by atoms with Gasteiger partial charge in [0.1, 0.15) is 6.04 Å². The highest BCUT2D eigenvalue weighted by Gasteiger charge is 2.21. The Morgan fingerprint density at radius 1 is 1.17 bits per heavy atom. The van der Waals surface area contributed by atoms with Crippen LogP contribution >= 0.6 is 12.4 Å². The number of nitrogens with one attached hydrogen (secondary N) is 2. The van der Waals surface area contributed by atoms with Crippen LogP contribution in [0.3, 0.4) is 0 Å². The van der Waals surface area contributed by atoms with Crippen molar-refractivity contribution in [3.63, 3.8) is 0 Å². The summed E-state index contributed by atoms with van der Waals surface area (Å²) in [7, 11) is 0. The first-order valence-electron chi connectivity index (χ1n) is 8.86. The second-order valence-electron chi connectivity index (χ2n) is 6.58. The van der Waals surface area contributed by atoms with E-state index in [9.17, 15) is 9.59 Å². The summed E-state index contributed by atoms with van der Waals surface area (Å²) in [6.07, 6.45) is 9.59. The van der Waals surface area contributed by atoms with E-state index >= 15 is 0 Å². The fraction of sp³-hybridized carbons (Fsp3) is 0.882. The molecule has 1 aliphatic carbocycles. The van der Waals surface area contributed by atoms with Crippen molar-refractivity contribution in [3.8, 4) is 0 Å². The molecule has 5 nitrogen and oxygen atoms in total. The number of carbonyl (C=O) groups is 2. The Morgan fingerprint density at radius 3 is 2.39 bits per heavy atom. The largest absolute Gasteiger partial charge is 0.350 e. The van der Waals surface area contributed by atoms with Gasteiger partial charge in [-0.15, -0.1) is 12.4 Å². The SMILES string of the molecule is CCCCC(CN)NC(=O)C(C)NC(=O)CC1CCCCC1.Cl. The van der Waals surface area contributed by atoms with Gasteiger partial charge in [-0.3, -0.25) is 9.59 Å². The Hall–Kier alpha value is -0.810. The summed E-state index contributed by atoms with van der Waals surface area (Å²) in [6, 6.07) is -0.489. The van der Waals surface area contributed by atoms with Gasteiger partial charge in [0.25, 0.3) is 0 Å². The van der Waals surface area contributed by atoms with Crippen LogP contribution in [0, 0.1) is 5.92 Å². The molecule has 0 aromatic heterocycles. The number of halogens is 1. The first kappa shape index (κ1) is 22.2. The van der Waals surface area contributed by atoms with Gasteiger partial charge < -0.3 is 16.4 Å². The van der Waals surface area contributed by atoms with E-state index in [-0.39, 0.29) is 30.3 Å². The fourth-order valence-electron chi connectivity index (χ4n) is 3.05. The van der Waals surface area contributed by atoms with E-state index in [0.29, 0.717) is 18.9 Å². The molecule has 2 atom stereocenters. The Morgan fingerprint density at radius 2 is 1.83 bits per heavy atom. The molecule has 4 N–H and O–H groups in total. The maximum Gasteiger partial charge on any atom is 0.242 e. The van der Waals surface area contributed by atoms with E-state index in [1.165, 1.54) is 19.3 Å². The first-order chi connectivity index (χ1) is 10.6. The second kappa shape index (κ2) is 12.6. The third-order valence-electron chi connectivity index (χ3n) is 4.51. The Labute approximate surface area is 146 Å². The summed E-state index contributed by atoms with van der Waals surface area (Å²) in [5.41, 5.74) is 5.68. The average molecular weight is 348 g/mol. The molecule has 0 aromatic rings. The summed E-state index contributed by atoms with van der Waals surface area (Å²) in [6.45, 7) is 4.29. The number of amides is 2. The van der Waals surface area contributed by atoms with E-state index in [1.54, 1.807) is 6.92 Å². The molecule has 2 amide bonds. The minimum Gasteiger partial charge on any atom is -0.350 e. The summed E-state index contributed by atoms with van der Waals surface area (Å²) in [4.78, 5) is 24.2. The van der Waals surface area contributed by atoms with Crippen LogP contribution in [0.25, 0.3) is 0 Å². The van der Waals surface area contributed by atoms with Crippen molar-refractivity contribution in [3.05, 3.63) is 0 Å². The summed E-state index contributed by atoms with van der Waals surface area (Å²) < 4.78 is 0. The summed E-state index contributed by atoms with van der Waals surface area (Å²) in [5, 5.41) is 5.75. The summed E-state index contributed by atoms with van der Waals surface area (Å²) >= 11 is 0. The molecule has 136 valence electrons. The highest BCUT2D eigenvalue weighted by atomic mass is 35.5. The molecule has 1 fully saturated rings. The van der Waals surface area contributed by atoms with Crippen molar-refractivity contribution in [1.29, 1.82) is 0 Å². The molecule has 0 saturated heterocycles. The molecular weight excluding hydrogens is 314 g/mol. The number of hydrogen-bond donors (Lipinski definition) is 3. The van der Waals surface area contributed by atoms with Gasteiger partial charge in [0.2, 0.25) is 11.8 Å². The van der Waals surface area contributed by atoms with Crippen molar-refractivity contribution >= 4 is 24.2 Å². The molecule has 0 bridgehead atoms. The molecule has 0 spiro atoms. The topological polar surface area (TPSA) is 84.2 Å². The number of nitrogens with two attached hydrogens (primary N) is 1. The molecule has 1 rings (SSSR count). The van der Waals surface area contributed by atoms with Gasteiger partial charge in [0, 0.05) is 19.0 Å². The summed E-state index contributed by atoms with van der Waals surface area (Å²) in [5.74, 6) is 0.348. The van der Waals surface area contributed by atoms with Crippen molar-refractivity contribution in [2.45, 2.75) is 83.7 Å². The van der Waals surface area contributed by atoms with Crippen LogP contribution < -0.4 is 16.4 Å². The molecule has 1 aliphatic rings. The number of rotatable bonds is 9. The minimum atomic E-state index is -0.494. The quantitative estimate of drug-likeness (QED) is 0.599. The highest BCUT2D eigenvalue weighted by Crippen LogP contribution is 2.26. The smallest absolute Gasteiger partial charge is 0.242 e. The van der Waals surface area contributed by atoms with Gasteiger partial charge >= 0.3 is 0 Å². The molecular formula is C17H34ClN3O2. The molecule has 0 aliphatic heterocycles. The number of unbranched alkanes of at least 4 members (excludes halogenated alkanes) is 1. The van der Waals surface area contributed by atoms with Crippen molar-refractivity contribution in [2.75, 3.05) is 6.54 Å². The lowest BCUT2D eigenvalue weighted by Gasteiger charge is -2.23. The van der Waals surface area contributed by atoms with Gasteiger partial charge in [0.15, 0.2) is 0 Å². The zero-order chi connectivity index (χ0) is 16.4. The predicted octanol–water partition coefficient (Wildman–Crippen LogP) is 2.52. The van der Waals surface area contributed by atoms with E-state index in [2.05, 4.69) is 17.6 Å². The van der Waals surface area contributed by atoms with Gasteiger partial charge in [-0.2, -0.15) is 0 Å². The Bertz CT molecular complexity index is 347.